The maximum Gasteiger partial charge on any atom is 0.341 e. The molecule has 80 valence electrons. The zero-order valence-corrected chi connectivity index (χ0v) is 9.10. The second-order valence-corrected chi connectivity index (χ2v) is 3.97. The van der Waals surface area contributed by atoms with Crippen molar-refractivity contribution in [3.63, 3.8) is 0 Å². The van der Waals surface area contributed by atoms with Crippen molar-refractivity contribution in [2.75, 3.05) is 7.11 Å². The lowest BCUT2D eigenvalue weighted by molar-refractivity contribution is 0.0596. The molecule has 0 spiro atoms. The first-order valence-electron chi connectivity index (χ1n) is 4.76. The number of methoxy groups -OCH3 is 1. The number of hydrogen-bond donors (Lipinski definition) is 1. The molecule has 1 N–H and O–H groups in total. The van der Waals surface area contributed by atoms with Gasteiger partial charge >= 0.3 is 5.97 Å². The van der Waals surface area contributed by atoms with Gasteiger partial charge in [0.2, 0.25) is 0 Å². The highest BCUT2D eigenvalue weighted by atomic mass is 35.5. The SMILES string of the molecule is COC(=O)c1c(O)c(Cl)cc2c1CCC2. The van der Waals surface area contributed by atoms with Gasteiger partial charge in [0, 0.05) is 0 Å². The monoisotopic (exact) mass is 226 g/mol. The maximum absolute atomic E-state index is 11.5. The largest absolute Gasteiger partial charge is 0.505 e. The predicted octanol–water partition coefficient (Wildman–Crippen LogP) is 2.32. The van der Waals surface area contributed by atoms with Crippen LogP contribution in [0.25, 0.3) is 0 Å². The average molecular weight is 227 g/mol. The highest BCUT2D eigenvalue weighted by Crippen LogP contribution is 2.37. The molecular weight excluding hydrogens is 216 g/mol. The summed E-state index contributed by atoms with van der Waals surface area (Å²) in [5.41, 5.74) is 2.15. The van der Waals surface area contributed by atoms with Crippen LogP contribution in [0.2, 0.25) is 5.02 Å². The number of esters is 1. The molecule has 3 nitrogen and oxygen atoms in total. The molecule has 1 aromatic carbocycles. The average Bonchev–Trinajstić information content (AvgIpc) is 2.66. The Hall–Kier alpha value is -1.22. The van der Waals surface area contributed by atoms with Gasteiger partial charge < -0.3 is 9.84 Å². The van der Waals surface area contributed by atoms with Gasteiger partial charge in [-0.1, -0.05) is 11.6 Å². The van der Waals surface area contributed by atoms with Gasteiger partial charge in [-0.15, -0.1) is 0 Å². The smallest absolute Gasteiger partial charge is 0.341 e. The summed E-state index contributed by atoms with van der Waals surface area (Å²) in [6, 6.07) is 1.73. The van der Waals surface area contributed by atoms with Crippen molar-refractivity contribution in [1.29, 1.82) is 0 Å². The predicted molar refractivity (Wildman–Crippen MR) is 56.5 cm³/mol. The standard InChI is InChI=1S/C11H11ClO3/c1-15-11(14)9-7-4-2-3-6(7)5-8(12)10(9)13/h5,13H,2-4H2,1H3. The van der Waals surface area contributed by atoms with E-state index in [1.807, 2.05) is 0 Å². The number of hydrogen-bond acceptors (Lipinski definition) is 3. The summed E-state index contributed by atoms with van der Waals surface area (Å²) in [5, 5.41) is 9.95. The fraction of sp³-hybridized carbons (Fsp3) is 0.364. The normalized spacial score (nSPS) is 13.7. The number of benzene rings is 1. The molecule has 1 aliphatic carbocycles. The molecule has 0 aromatic heterocycles. The number of carbonyl (C=O) groups is 1. The molecule has 4 heteroatoms. The Morgan fingerprint density at radius 2 is 2.27 bits per heavy atom. The molecule has 0 amide bonds. The lowest BCUT2D eigenvalue weighted by Crippen LogP contribution is -2.06. The first kappa shape index (κ1) is 10.3. The van der Waals surface area contributed by atoms with E-state index in [1.165, 1.54) is 7.11 Å². The molecule has 1 aliphatic rings. The Morgan fingerprint density at radius 1 is 1.53 bits per heavy atom. The quantitative estimate of drug-likeness (QED) is 0.748. The summed E-state index contributed by atoms with van der Waals surface area (Å²) >= 11 is 5.84. The number of ether oxygens (including phenoxy) is 1. The molecule has 2 rings (SSSR count). The first-order chi connectivity index (χ1) is 7.15. The minimum Gasteiger partial charge on any atom is -0.505 e. The molecule has 0 atom stereocenters. The Morgan fingerprint density at radius 3 is 2.93 bits per heavy atom. The molecule has 0 radical (unpaired) electrons. The molecule has 0 fully saturated rings. The summed E-state index contributed by atoms with van der Waals surface area (Å²) in [4.78, 5) is 11.5. The Labute approximate surface area is 92.6 Å². The molecule has 0 unspecified atom stereocenters. The first-order valence-corrected chi connectivity index (χ1v) is 5.14. The Balaban J connectivity index is 2.65. The number of aromatic hydroxyl groups is 1. The fourth-order valence-corrected chi connectivity index (χ4v) is 2.24. The molecule has 0 saturated carbocycles. The molecule has 0 saturated heterocycles. The third-order valence-electron chi connectivity index (χ3n) is 2.72. The molecule has 1 aromatic rings. The van der Waals surface area contributed by atoms with Crippen molar-refractivity contribution in [3.8, 4) is 5.75 Å². The van der Waals surface area contributed by atoms with E-state index >= 15 is 0 Å². The van der Waals surface area contributed by atoms with Gasteiger partial charge in [-0.05, 0) is 36.5 Å². The van der Waals surface area contributed by atoms with Crippen molar-refractivity contribution in [2.45, 2.75) is 19.3 Å². The number of aryl methyl sites for hydroxylation is 1. The van der Waals surface area contributed by atoms with E-state index in [0.29, 0.717) is 0 Å². The molecule has 0 aliphatic heterocycles. The van der Waals surface area contributed by atoms with Crippen LogP contribution in [0.15, 0.2) is 6.07 Å². The molecule has 15 heavy (non-hydrogen) atoms. The van der Waals surface area contributed by atoms with E-state index in [0.717, 1.165) is 30.4 Å². The van der Waals surface area contributed by atoms with Crippen molar-refractivity contribution >= 4 is 17.6 Å². The number of halogens is 1. The van der Waals surface area contributed by atoms with E-state index in [1.54, 1.807) is 6.07 Å². The number of phenolic OH excluding ortho intramolecular Hbond substituents is 1. The van der Waals surface area contributed by atoms with E-state index in [2.05, 4.69) is 4.74 Å². The van der Waals surface area contributed by atoms with E-state index in [4.69, 9.17) is 11.6 Å². The van der Waals surface area contributed by atoms with Crippen LogP contribution in [0, 0.1) is 0 Å². The van der Waals surface area contributed by atoms with Gasteiger partial charge in [0.15, 0.2) is 0 Å². The fourth-order valence-electron chi connectivity index (χ4n) is 2.02. The lowest BCUT2D eigenvalue weighted by atomic mass is 10.0. The van der Waals surface area contributed by atoms with Crippen LogP contribution in [0.5, 0.6) is 5.75 Å². The minimum atomic E-state index is -0.520. The number of fused-ring (bicyclic) bond motifs is 1. The van der Waals surface area contributed by atoms with Gasteiger partial charge in [-0.3, -0.25) is 0 Å². The maximum atomic E-state index is 11.5. The van der Waals surface area contributed by atoms with Crippen molar-refractivity contribution < 1.29 is 14.6 Å². The third kappa shape index (κ3) is 1.57. The zero-order valence-electron chi connectivity index (χ0n) is 8.34. The summed E-state index contributed by atoms with van der Waals surface area (Å²) in [6.45, 7) is 0. The topological polar surface area (TPSA) is 46.5 Å². The zero-order chi connectivity index (χ0) is 11.0. The van der Waals surface area contributed by atoms with Gasteiger partial charge in [-0.2, -0.15) is 0 Å². The van der Waals surface area contributed by atoms with Gasteiger partial charge in [0.05, 0.1) is 12.1 Å². The summed E-state index contributed by atoms with van der Waals surface area (Å²) in [5.74, 6) is -0.683. The van der Waals surface area contributed by atoms with Gasteiger partial charge in [-0.25, -0.2) is 4.79 Å². The minimum absolute atomic E-state index is 0.163. The molecular formula is C11H11ClO3. The van der Waals surface area contributed by atoms with Crippen LogP contribution in [-0.4, -0.2) is 18.2 Å². The lowest BCUT2D eigenvalue weighted by Gasteiger charge is -2.10. The van der Waals surface area contributed by atoms with Gasteiger partial charge in [0.1, 0.15) is 11.3 Å². The second-order valence-electron chi connectivity index (χ2n) is 3.56. The number of carbonyl (C=O) groups excluding carboxylic acids is 1. The van der Waals surface area contributed by atoms with Crippen molar-refractivity contribution in [1.82, 2.24) is 0 Å². The van der Waals surface area contributed by atoms with Gasteiger partial charge in [0.25, 0.3) is 0 Å². The highest BCUT2D eigenvalue weighted by molar-refractivity contribution is 6.32. The van der Waals surface area contributed by atoms with Crippen molar-refractivity contribution in [3.05, 3.63) is 27.8 Å². The van der Waals surface area contributed by atoms with Crippen LogP contribution in [0.1, 0.15) is 27.9 Å². The second kappa shape index (κ2) is 3.74. The summed E-state index contributed by atoms with van der Waals surface area (Å²) in [7, 11) is 1.30. The third-order valence-corrected chi connectivity index (χ3v) is 3.00. The Bertz CT molecular complexity index is 426. The molecule has 0 bridgehead atoms. The summed E-state index contributed by atoms with van der Waals surface area (Å²) in [6.07, 6.45) is 2.68. The van der Waals surface area contributed by atoms with E-state index < -0.39 is 5.97 Å². The van der Waals surface area contributed by atoms with E-state index in [-0.39, 0.29) is 16.3 Å². The van der Waals surface area contributed by atoms with Crippen molar-refractivity contribution in [2.24, 2.45) is 0 Å². The number of rotatable bonds is 1. The summed E-state index contributed by atoms with van der Waals surface area (Å²) < 4.78 is 4.64. The number of phenols is 1. The van der Waals surface area contributed by atoms with Crippen LogP contribution < -0.4 is 0 Å². The van der Waals surface area contributed by atoms with E-state index in [9.17, 15) is 9.90 Å². The highest BCUT2D eigenvalue weighted by Gasteiger charge is 2.25. The van der Waals surface area contributed by atoms with Crippen LogP contribution in [0.3, 0.4) is 0 Å². The Kier molecular flexibility index (Phi) is 2.57. The van der Waals surface area contributed by atoms with Crippen LogP contribution in [-0.2, 0) is 17.6 Å². The van der Waals surface area contributed by atoms with Crippen LogP contribution in [0.4, 0.5) is 0 Å². The molecule has 0 heterocycles. The van der Waals surface area contributed by atoms with Crippen LogP contribution >= 0.6 is 11.6 Å².